The highest BCUT2D eigenvalue weighted by Gasteiger charge is 2.16. The first-order valence-electron chi connectivity index (χ1n) is 23.7. The van der Waals surface area contributed by atoms with Gasteiger partial charge in [0.2, 0.25) is 23.6 Å². The van der Waals surface area contributed by atoms with Crippen LogP contribution in [0.1, 0.15) is 193 Å². The number of carbonyl (C=O) groups excluding carboxylic acids is 4. The Morgan fingerprint density at radius 2 is 0.724 bits per heavy atom. The van der Waals surface area contributed by atoms with Crippen LogP contribution in [0.3, 0.4) is 0 Å². The van der Waals surface area contributed by atoms with Crippen LogP contribution in [0.4, 0.5) is 0 Å². The molecule has 0 saturated heterocycles. The van der Waals surface area contributed by atoms with Crippen LogP contribution in [0.5, 0.6) is 0 Å². The van der Waals surface area contributed by atoms with E-state index in [2.05, 4.69) is 38.3 Å². The molecule has 0 atom stereocenters. The Balaban J connectivity index is 2.44. The first-order chi connectivity index (χ1) is 28.3. The van der Waals surface area contributed by atoms with Crippen LogP contribution in [0.15, 0.2) is 24.3 Å². The van der Waals surface area contributed by atoms with Gasteiger partial charge in [-0.2, -0.15) is 0 Å². The fourth-order valence-corrected chi connectivity index (χ4v) is 7.05. The number of amides is 4. The topological polar surface area (TPSA) is 117 Å². The maximum absolute atomic E-state index is 13.1. The molecule has 58 heavy (non-hydrogen) atoms. The Bertz CT molecular complexity index is 1060. The number of benzene rings is 1. The lowest BCUT2D eigenvalue weighted by molar-refractivity contribution is -0.139. The SMILES string of the molecule is CCCCCCCCN(CCCCCCCC)C(=O)COCC(=O)NCc1cccc(CNC(=O)COCC(=O)N(CCCCCCCC)CCCCCCCC)c1. The molecule has 1 rings (SSSR count). The van der Waals surface area contributed by atoms with Gasteiger partial charge in [0, 0.05) is 39.3 Å². The average molecular weight is 815 g/mol. The zero-order valence-electron chi connectivity index (χ0n) is 37.7. The molecule has 0 radical (unpaired) electrons. The quantitative estimate of drug-likeness (QED) is 0.0638. The number of nitrogens with zero attached hydrogens (tertiary/aromatic N) is 2. The Labute approximate surface area is 354 Å². The van der Waals surface area contributed by atoms with E-state index in [0.29, 0.717) is 13.1 Å². The number of hydrogen-bond donors (Lipinski definition) is 2. The summed E-state index contributed by atoms with van der Waals surface area (Å²) in [7, 11) is 0. The van der Waals surface area contributed by atoms with Gasteiger partial charge in [0.05, 0.1) is 0 Å². The maximum atomic E-state index is 13.1. The van der Waals surface area contributed by atoms with Crippen LogP contribution in [-0.4, -0.2) is 86.0 Å². The predicted molar refractivity (Wildman–Crippen MR) is 238 cm³/mol. The van der Waals surface area contributed by atoms with E-state index >= 15 is 0 Å². The van der Waals surface area contributed by atoms with Gasteiger partial charge in [-0.1, -0.05) is 180 Å². The second-order valence-corrected chi connectivity index (χ2v) is 16.2. The van der Waals surface area contributed by atoms with E-state index in [4.69, 9.17) is 9.47 Å². The summed E-state index contributed by atoms with van der Waals surface area (Å²) in [6.07, 6.45) is 28.3. The van der Waals surface area contributed by atoms with Gasteiger partial charge in [0.15, 0.2) is 0 Å². The van der Waals surface area contributed by atoms with Crippen LogP contribution < -0.4 is 10.6 Å². The van der Waals surface area contributed by atoms with Gasteiger partial charge in [-0.3, -0.25) is 19.2 Å². The molecule has 10 nitrogen and oxygen atoms in total. The van der Waals surface area contributed by atoms with Gasteiger partial charge in [-0.05, 0) is 36.8 Å². The number of ether oxygens (including phenoxy) is 2. The van der Waals surface area contributed by atoms with Gasteiger partial charge in [0.25, 0.3) is 0 Å². The fraction of sp³-hybridized carbons (Fsp3) is 0.792. The number of carbonyl (C=O) groups is 4. The Kier molecular flexibility index (Phi) is 35.0. The molecule has 2 N–H and O–H groups in total. The molecule has 0 saturated carbocycles. The third-order valence-corrected chi connectivity index (χ3v) is 10.7. The number of unbranched alkanes of at least 4 members (excludes halogenated alkanes) is 20. The summed E-state index contributed by atoms with van der Waals surface area (Å²) in [6, 6.07) is 7.64. The van der Waals surface area contributed by atoms with Crippen molar-refractivity contribution < 1.29 is 28.7 Å². The van der Waals surface area contributed by atoms with E-state index in [1.54, 1.807) is 0 Å². The van der Waals surface area contributed by atoms with Crippen LogP contribution in [-0.2, 0) is 41.7 Å². The average Bonchev–Trinajstić information content (AvgIpc) is 3.22. The van der Waals surface area contributed by atoms with Gasteiger partial charge in [0.1, 0.15) is 26.4 Å². The minimum atomic E-state index is -0.283. The zero-order valence-corrected chi connectivity index (χ0v) is 37.7. The summed E-state index contributed by atoms with van der Waals surface area (Å²) in [5.41, 5.74) is 1.77. The second-order valence-electron chi connectivity index (χ2n) is 16.2. The monoisotopic (exact) mass is 815 g/mol. The summed E-state index contributed by atoms with van der Waals surface area (Å²) in [5.74, 6) is -0.658. The van der Waals surface area contributed by atoms with Crippen LogP contribution in [0.2, 0.25) is 0 Å². The van der Waals surface area contributed by atoms with Gasteiger partial charge >= 0.3 is 0 Å². The van der Waals surface area contributed by atoms with Crippen LogP contribution in [0.25, 0.3) is 0 Å². The summed E-state index contributed by atoms with van der Waals surface area (Å²) < 4.78 is 11.1. The highest BCUT2D eigenvalue weighted by atomic mass is 16.5. The molecular formula is C48H86N4O6. The maximum Gasteiger partial charge on any atom is 0.248 e. The van der Waals surface area contributed by atoms with Gasteiger partial charge in [-0.15, -0.1) is 0 Å². The van der Waals surface area contributed by atoms with E-state index in [-0.39, 0.29) is 50.1 Å². The van der Waals surface area contributed by atoms with Crippen molar-refractivity contribution in [1.82, 2.24) is 20.4 Å². The largest absolute Gasteiger partial charge is 0.362 e. The molecule has 4 amide bonds. The lowest BCUT2D eigenvalue weighted by Crippen LogP contribution is -2.37. The minimum absolute atomic E-state index is 0.0457. The Morgan fingerprint density at radius 3 is 1.03 bits per heavy atom. The first kappa shape index (κ1) is 53.0. The molecule has 1 aromatic rings. The highest BCUT2D eigenvalue weighted by Crippen LogP contribution is 2.12. The molecule has 10 heteroatoms. The van der Waals surface area contributed by atoms with Crippen molar-refractivity contribution in [2.45, 2.75) is 195 Å². The summed E-state index contributed by atoms with van der Waals surface area (Å²) >= 11 is 0. The minimum Gasteiger partial charge on any atom is -0.362 e. The van der Waals surface area contributed by atoms with Crippen molar-refractivity contribution in [1.29, 1.82) is 0 Å². The first-order valence-corrected chi connectivity index (χ1v) is 23.7. The third-order valence-electron chi connectivity index (χ3n) is 10.7. The normalized spacial score (nSPS) is 11.1. The Hall–Kier alpha value is -2.98. The molecule has 1 aromatic carbocycles. The molecule has 0 bridgehead atoms. The highest BCUT2D eigenvalue weighted by molar-refractivity contribution is 5.80. The lowest BCUT2D eigenvalue weighted by atomic mass is 10.1. The van der Waals surface area contributed by atoms with E-state index in [0.717, 1.165) is 88.7 Å². The standard InChI is InChI=1S/C48H86N4O6/c1-5-9-13-17-21-25-32-51(33-26-22-18-14-10-6-2)47(55)41-57-39-45(53)49-37-43-30-29-31-44(36-43)38-50-46(54)40-58-42-48(56)52(34-27-23-19-15-11-7-3)35-28-24-20-16-12-8-4/h29-31,36H,5-28,32-35,37-42H2,1-4H3,(H,49,53)(H,50,54). The van der Waals surface area contributed by atoms with E-state index in [9.17, 15) is 19.2 Å². The molecule has 0 aromatic heterocycles. The molecule has 0 fully saturated rings. The number of hydrogen-bond acceptors (Lipinski definition) is 6. The third kappa shape index (κ3) is 30.1. The van der Waals surface area contributed by atoms with E-state index < -0.39 is 0 Å². The molecule has 334 valence electrons. The molecule has 0 aliphatic heterocycles. The molecule has 0 unspecified atom stereocenters. The Morgan fingerprint density at radius 1 is 0.431 bits per heavy atom. The second kappa shape index (κ2) is 38.2. The molecule has 0 aliphatic rings. The molecule has 0 heterocycles. The van der Waals surface area contributed by atoms with Gasteiger partial charge in [-0.25, -0.2) is 0 Å². The zero-order chi connectivity index (χ0) is 42.3. The van der Waals surface area contributed by atoms with Crippen LogP contribution >= 0.6 is 0 Å². The summed E-state index contributed by atoms with van der Waals surface area (Å²) in [4.78, 5) is 55.1. The van der Waals surface area contributed by atoms with Crippen LogP contribution in [0, 0.1) is 0 Å². The van der Waals surface area contributed by atoms with Crippen molar-refractivity contribution >= 4 is 23.6 Å². The van der Waals surface area contributed by atoms with Gasteiger partial charge < -0.3 is 29.9 Å². The molecule has 0 spiro atoms. The molecule has 0 aliphatic carbocycles. The fourth-order valence-electron chi connectivity index (χ4n) is 7.05. The predicted octanol–water partition coefficient (Wildman–Crippen LogP) is 10.1. The number of nitrogens with one attached hydrogen (secondary N) is 2. The van der Waals surface area contributed by atoms with Crippen molar-refractivity contribution in [3.05, 3.63) is 35.4 Å². The van der Waals surface area contributed by atoms with Crippen molar-refractivity contribution in [3.63, 3.8) is 0 Å². The van der Waals surface area contributed by atoms with E-state index in [1.807, 2.05) is 34.1 Å². The lowest BCUT2D eigenvalue weighted by Gasteiger charge is -2.23. The van der Waals surface area contributed by atoms with Crippen molar-refractivity contribution in [3.8, 4) is 0 Å². The smallest absolute Gasteiger partial charge is 0.248 e. The van der Waals surface area contributed by atoms with Crippen molar-refractivity contribution in [2.75, 3.05) is 52.6 Å². The molecular weight excluding hydrogens is 729 g/mol. The summed E-state index contributed by atoms with van der Waals surface area (Å²) in [5, 5.41) is 5.75. The van der Waals surface area contributed by atoms with Crippen molar-refractivity contribution in [2.24, 2.45) is 0 Å². The van der Waals surface area contributed by atoms with E-state index in [1.165, 1.54) is 103 Å². The number of rotatable bonds is 40. The summed E-state index contributed by atoms with van der Waals surface area (Å²) in [6.45, 7) is 11.9.